The third kappa shape index (κ3) is 3.82. The predicted octanol–water partition coefficient (Wildman–Crippen LogP) is 1.46. The molecule has 1 aliphatic rings. The zero-order chi connectivity index (χ0) is 14.6. The Morgan fingerprint density at radius 2 is 2.10 bits per heavy atom. The lowest BCUT2D eigenvalue weighted by atomic mass is 9.79. The van der Waals surface area contributed by atoms with Gasteiger partial charge in [-0.3, -0.25) is 14.3 Å². The summed E-state index contributed by atoms with van der Waals surface area (Å²) in [5, 5.41) is 15.9. The molecule has 2 N–H and O–H groups in total. The molecule has 0 saturated heterocycles. The number of carboxylic acid groups (broad SMARTS) is 1. The normalized spacial score (nSPS) is 17.1. The molecule has 1 aromatic heterocycles. The third-order valence-electron chi connectivity index (χ3n) is 3.97. The molecule has 0 unspecified atom stereocenters. The summed E-state index contributed by atoms with van der Waals surface area (Å²) in [6, 6.07) is 0. The summed E-state index contributed by atoms with van der Waals surface area (Å²) < 4.78 is 1.68. The molecule has 110 valence electrons. The lowest BCUT2D eigenvalue weighted by Crippen LogP contribution is -2.31. The van der Waals surface area contributed by atoms with Gasteiger partial charge in [0.1, 0.15) is 0 Å². The average Bonchev–Trinajstić information content (AvgIpc) is 2.95. The van der Waals surface area contributed by atoms with Crippen molar-refractivity contribution in [3.05, 3.63) is 18.0 Å². The van der Waals surface area contributed by atoms with Gasteiger partial charge in [0.05, 0.1) is 12.6 Å². The van der Waals surface area contributed by atoms with E-state index >= 15 is 0 Å². The van der Waals surface area contributed by atoms with Crippen LogP contribution >= 0.6 is 0 Å². The standard InChI is InChI=1S/C14H21N3O3/c1-17-10-11(9-16-17)8-15-12(18)6-14(7-13(19)20)4-2-3-5-14/h9-10H,2-8H2,1H3,(H,15,18)(H,19,20). The third-order valence-corrected chi connectivity index (χ3v) is 3.97. The Labute approximate surface area is 118 Å². The van der Waals surface area contributed by atoms with E-state index < -0.39 is 5.97 Å². The van der Waals surface area contributed by atoms with Crippen LogP contribution in [0.2, 0.25) is 0 Å². The van der Waals surface area contributed by atoms with Gasteiger partial charge in [-0.1, -0.05) is 12.8 Å². The van der Waals surface area contributed by atoms with Gasteiger partial charge in [0.15, 0.2) is 0 Å². The van der Waals surface area contributed by atoms with Crippen molar-refractivity contribution >= 4 is 11.9 Å². The van der Waals surface area contributed by atoms with Crippen molar-refractivity contribution in [2.75, 3.05) is 0 Å². The number of carboxylic acids is 1. The van der Waals surface area contributed by atoms with Gasteiger partial charge in [-0.25, -0.2) is 0 Å². The molecular weight excluding hydrogens is 258 g/mol. The molecule has 1 fully saturated rings. The van der Waals surface area contributed by atoms with Gasteiger partial charge in [0, 0.05) is 31.8 Å². The number of amides is 1. The van der Waals surface area contributed by atoms with E-state index in [1.165, 1.54) is 0 Å². The molecule has 1 heterocycles. The van der Waals surface area contributed by atoms with Crippen molar-refractivity contribution < 1.29 is 14.7 Å². The maximum absolute atomic E-state index is 12.0. The van der Waals surface area contributed by atoms with Crippen LogP contribution in [0.25, 0.3) is 0 Å². The number of nitrogens with zero attached hydrogens (tertiary/aromatic N) is 2. The fourth-order valence-electron chi connectivity index (χ4n) is 3.03. The number of hydrogen-bond donors (Lipinski definition) is 2. The number of nitrogens with one attached hydrogen (secondary N) is 1. The molecule has 0 radical (unpaired) electrons. The monoisotopic (exact) mass is 279 g/mol. The minimum absolute atomic E-state index is 0.0722. The van der Waals surface area contributed by atoms with Gasteiger partial charge in [-0.2, -0.15) is 5.10 Å². The number of carbonyl (C=O) groups excluding carboxylic acids is 1. The smallest absolute Gasteiger partial charge is 0.303 e. The van der Waals surface area contributed by atoms with E-state index in [9.17, 15) is 9.59 Å². The van der Waals surface area contributed by atoms with Crippen molar-refractivity contribution in [2.45, 2.75) is 45.1 Å². The molecule has 0 bridgehead atoms. The number of aliphatic carboxylic acids is 1. The molecule has 2 rings (SSSR count). The molecule has 0 aliphatic heterocycles. The summed E-state index contributed by atoms with van der Waals surface area (Å²) >= 11 is 0. The van der Waals surface area contributed by atoms with Gasteiger partial charge < -0.3 is 10.4 Å². The van der Waals surface area contributed by atoms with Crippen molar-refractivity contribution in [3.8, 4) is 0 Å². The van der Waals surface area contributed by atoms with Gasteiger partial charge in [-0.05, 0) is 18.3 Å². The molecule has 1 aromatic rings. The van der Waals surface area contributed by atoms with E-state index in [4.69, 9.17) is 5.11 Å². The summed E-state index contributed by atoms with van der Waals surface area (Å²) in [4.78, 5) is 23.0. The Hall–Kier alpha value is -1.85. The summed E-state index contributed by atoms with van der Waals surface area (Å²) in [6.45, 7) is 0.440. The number of carbonyl (C=O) groups is 2. The molecule has 0 aromatic carbocycles. The Bertz CT molecular complexity index is 490. The van der Waals surface area contributed by atoms with Gasteiger partial charge >= 0.3 is 5.97 Å². The van der Waals surface area contributed by atoms with Crippen LogP contribution in [-0.2, 0) is 23.2 Å². The lowest BCUT2D eigenvalue weighted by molar-refractivity contribution is -0.140. The molecule has 6 heteroatoms. The summed E-state index contributed by atoms with van der Waals surface area (Å²) in [5.74, 6) is -0.885. The molecule has 0 atom stereocenters. The Kier molecular flexibility index (Phi) is 4.42. The zero-order valence-electron chi connectivity index (χ0n) is 11.8. The van der Waals surface area contributed by atoms with E-state index in [0.29, 0.717) is 13.0 Å². The largest absolute Gasteiger partial charge is 0.481 e. The molecule has 1 aliphatic carbocycles. The first-order valence-electron chi connectivity index (χ1n) is 6.95. The second-order valence-corrected chi connectivity index (χ2v) is 5.75. The molecule has 1 amide bonds. The summed E-state index contributed by atoms with van der Waals surface area (Å²) in [5.41, 5.74) is 0.602. The van der Waals surface area contributed by atoms with Crippen LogP contribution in [0.1, 0.15) is 44.1 Å². The first kappa shape index (κ1) is 14.6. The Balaban J connectivity index is 1.87. The van der Waals surface area contributed by atoms with Crippen LogP contribution < -0.4 is 5.32 Å². The van der Waals surface area contributed by atoms with Crippen LogP contribution in [0.15, 0.2) is 12.4 Å². The molecule has 20 heavy (non-hydrogen) atoms. The second-order valence-electron chi connectivity index (χ2n) is 5.75. The van der Waals surface area contributed by atoms with Crippen LogP contribution in [0, 0.1) is 5.41 Å². The van der Waals surface area contributed by atoms with Crippen molar-refractivity contribution in [1.29, 1.82) is 0 Å². The van der Waals surface area contributed by atoms with E-state index in [1.807, 2.05) is 13.2 Å². The van der Waals surface area contributed by atoms with Crippen LogP contribution in [0.5, 0.6) is 0 Å². The topological polar surface area (TPSA) is 84.2 Å². The number of rotatable bonds is 6. The van der Waals surface area contributed by atoms with Crippen molar-refractivity contribution in [2.24, 2.45) is 12.5 Å². The highest BCUT2D eigenvalue weighted by Crippen LogP contribution is 2.43. The maximum Gasteiger partial charge on any atom is 0.303 e. The highest BCUT2D eigenvalue weighted by atomic mass is 16.4. The SMILES string of the molecule is Cn1cc(CNC(=O)CC2(CC(=O)O)CCCC2)cn1. The first-order chi connectivity index (χ1) is 9.49. The molecule has 6 nitrogen and oxygen atoms in total. The van der Waals surface area contributed by atoms with Gasteiger partial charge in [0.25, 0.3) is 0 Å². The zero-order valence-corrected chi connectivity index (χ0v) is 11.8. The minimum Gasteiger partial charge on any atom is -0.481 e. The van der Waals surface area contributed by atoms with Gasteiger partial charge in [-0.15, -0.1) is 0 Å². The Morgan fingerprint density at radius 1 is 1.40 bits per heavy atom. The van der Waals surface area contributed by atoms with E-state index in [1.54, 1.807) is 10.9 Å². The minimum atomic E-state index is -0.813. The van der Waals surface area contributed by atoms with Crippen LogP contribution in [0.4, 0.5) is 0 Å². The van der Waals surface area contributed by atoms with Crippen LogP contribution in [-0.4, -0.2) is 26.8 Å². The first-order valence-corrected chi connectivity index (χ1v) is 6.95. The highest BCUT2D eigenvalue weighted by Gasteiger charge is 2.37. The fourth-order valence-corrected chi connectivity index (χ4v) is 3.03. The molecule has 0 spiro atoms. The number of aromatic nitrogens is 2. The van der Waals surface area contributed by atoms with Crippen LogP contribution in [0.3, 0.4) is 0 Å². The predicted molar refractivity (Wildman–Crippen MR) is 72.8 cm³/mol. The average molecular weight is 279 g/mol. The number of aryl methyl sites for hydroxylation is 1. The van der Waals surface area contributed by atoms with E-state index in [2.05, 4.69) is 10.4 Å². The fraction of sp³-hybridized carbons (Fsp3) is 0.643. The molecular formula is C14H21N3O3. The summed E-state index contributed by atoms with van der Waals surface area (Å²) in [7, 11) is 1.83. The quantitative estimate of drug-likeness (QED) is 0.825. The van der Waals surface area contributed by atoms with Crippen molar-refractivity contribution in [3.63, 3.8) is 0 Å². The number of hydrogen-bond acceptors (Lipinski definition) is 3. The summed E-state index contributed by atoms with van der Waals surface area (Å²) in [6.07, 6.45) is 7.66. The van der Waals surface area contributed by atoms with Crippen molar-refractivity contribution in [1.82, 2.24) is 15.1 Å². The van der Waals surface area contributed by atoms with E-state index in [-0.39, 0.29) is 17.7 Å². The highest BCUT2D eigenvalue weighted by molar-refractivity contribution is 5.78. The van der Waals surface area contributed by atoms with Gasteiger partial charge in [0.2, 0.25) is 5.91 Å². The maximum atomic E-state index is 12.0. The lowest BCUT2D eigenvalue weighted by Gasteiger charge is -2.26. The van der Waals surface area contributed by atoms with E-state index in [0.717, 1.165) is 31.2 Å². The second kappa shape index (κ2) is 6.07. The molecule has 1 saturated carbocycles. The Morgan fingerprint density at radius 3 is 2.65 bits per heavy atom.